The Balaban J connectivity index is 1.71. The maximum Gasteiger partial charge on any atom is 0.344 e. The summed E-state index contributed by atoms with van der Waals surface area (Å²) in [5.74, 6) is -0.509. The van der Waals surface area contributed by atoms with E-state index in [1.54, 1.807) is 30.3 Å². The first-order chi connectivity index (χ1) is 11.6. The van der Waals surface area contributed by atoms with Crippen molar-refractivity contribution >= 4 is 29.3 Å². The van der Waals surface area contributed by atoms with E-state index in [1.807, 2.05) is 6.07 Å². The summed E-state index contributed by atoms with van der Waals surface area (Å²) in [5.41, 5.74) is 0.484. The molecule has 0 aliphatic carbocycles. The number of nitrogens with one attached hydrogen (secondary N) is 1. The summed E-state index contributed by atoms with van der Waals surface area (Å²) in [6, 6.07) is 11.3. The van der Waals surface area contributed by atoms with Gasteiger partial charge in [-0.1, -0.05) is 11.6 Å². The largest absolute Gasteiger partial charge is 0.482 e. The molecule has 1 aromatic carbocycles. The lowest BCUT2D eigenvalue weighted by molar-refractivity contribution is -0.149. The first kappa shape index (κ1) is 17.2. The number of rotatable bonds is 6. The molecule has 0 fully saturated rings. The third kappa shape index (κ3) is 5.59. The van der Waals surface area contributed by atoms with Gasteiger partial charge in [0, 0.05) is 6.20 Å². The van der Waals surface area contributed by atoms with Crippen LogP contribution in [-0.4, -0.2) is 30.1 Å². The lowest BCUT2D eigenvalue weighted by Gasteiger charge is -2.07. The SMILES string of the molecule is N#Cc1ccc(OCC(=O)OCC(=O)Nc2ccc(Cl)cn2)cc1. The number of aromatic nitrogens is 1. The third-order valence-electron chi connectivity index (χ3n) is 2.70. The highest BCUT2D eigenvalue weighted by atomic mass is 35.5. The van der Waals surface area contributed by atoms with Crippen molar-refractivity contribution in [3.05, 3.63) is 53.2 Å². The Morgan fingerprint density at radius 2 is 1.92 bits per heavy atom. The van der Waals surface area contributed by atoms with Crippen LogP contribution in [0.15, 0.2) is 42.6 Å². The summed E-state index contributed by atoms with van der Waals surface area (Å²) in [7, 11) is 0. The Kier molecular flexibility index (Phi) is 6.11. The number of halogens is 1. The van der Waals surface area contributed by atoms with Gasteiger partial charge in [0.25, 0.3) is 5.91 Å². The molecule has 0 radical (unpaired) electrons. The van der Waals surface area contributed by atoms with E-state index in [2.05, 4.69) is 10.3 Å². The Labute approximate surface area is 142 Å². The maximum absolute atomic E-state index is 11.6. The highest BCUT2D eigenvalue weighted by Gasteiger charge is 2.09. The monoisotopic (exact) mass is 345 g/mol. The molecule has 1 amide bonds. The molecule has 0 aliphatic heterocycles. The first-order valence-corrected chi connectivity index (χ1v) is 7.14. The fourth-order valence-electron chi connectivity index (χ4n) is 1.58. The molecular weight excluding hydrogens is 334 g/mol. The van der Waals surface area contributed by atoms with Gasteiger partial charge < -0.3 is 14.8 Å². The normalized spacial score (nSPS) is 9.67. The van der Waals surface area contributed by atoms with Gasteiger partial charge in [0.15, 0.2) is 13.2 Å². The molecule has 1 heterocycles. The molecule has 0 saturated carbocycles. The topological polar surface area (TPSA) is 101 Å². The predicted octanol–water partition coefficient (Wildman–Crippen LogP) is 2.17. The highest BCUT2D eigenvalue weighted by molar-refractivity contribution is 6.30. The van der Waals surface area contributed by atoms with Gasteiger partial charge in [0.2, 0.25) is 0 Å². The summed E-state index contributed by atoms with van der Waals surface area (Å²) in [4.78, 5) is 27.0. The van der Waals surface area contributed by atoms with E-state index in [1.165, 1.54) is 12.3 Å². The summed E-state index contributed by atoms with van der Waals surface area (Å²) >= 11 is 5.68. The van der Waals surface area contributed by atoms with Crippen molar-refractivity contribution in [1.29, 1.82) is 5.26 Å². The molecule has 2 rings (SSSR count). The molecule has 2 aromatic rings. The Hall–Kier alpha value is -3.11. The van der Waals surface area contributed by atoms with Crippen LogP contribution in [0.3, 0.4) is 0 Å². The molecule has 0 bridgehead atoms. The number of amides is 1. The molecule has 0 aliphatic rings. The average molecular weight is 346 g/mol. The van der Waals surface area contributed by atoms with E-state index in [9.17, 15) is 9.59 Å². The zero-order chi connectivity index (χ0) is 17.4. The van der Waals surface area contributed by atoms with E-state index < -0.39 is 18.5 Å². The number of benzene rings is 1. The first-order valence-electron chi connectivity index (χ1n) is 6.77. The van der Waals surface area contributed by atoms with Crippen molar-refractivity contribution in [2.24, 2.45) is 0 Å². The average Bonchev–Trinajstić information content (AvgIpc) is 2.60. The van der Waals surface area contributed by atoms with Crippen LogP contribution in [0.5, 0.6) is 5.75 Å². The molecule has 24 heavy (non-hydrogen) atoms. The number of nitriles is 1. The Morgan fingerprint density at radius 1 is 1.17 bits per heavy atom. The molecule has 0 atom stereocenters. The van der Waals surface area contributed by atoms with Gasteiger partial charge in [0.1, 0.15) is 11.6 Å². The van der Waals surface area contributed by atoms with E-state index in [4.69, 9.17) is 26.3 Å². The van der Waals surface area contributed by atoms with Gasteiger partial charge in [-0.3, -0.25) is 4.79 Å². The smallest absolute Gasteiger partial charge is 0.344 e. The van der Waals surface area contributed by atoms with Crippen LogP contribution in [0.4, 0.5) is 5.82 Å². The van der Waals surface area contributed by atoms with Gasteiger partial charge in [0.05, 0.1) is 16.7 Å². The molecule has 122 valence electrons. The highest BCUT2D eigenvalue weighted by Crippen LogP contribution is 2.11. The lowest BCUT2D eigenvalue weighted by atomic mass is 10.2. The molecular formula is C16H12ClN3O4. The van der Waals surface area contributed by atoms with Crippen molar-refractivity contribution in [2.75, 3.05) is 18.5 Å². The van der Waals surface area contributed by atoms with Crippen LogP contribution < -0.4 is 10.1 Å². The number of anilines is 1. The number of ether oxygens (including phenoxy) is 2. The summed E-state index contributed by atoms with van der Waals surface area (Å²) in [6.07, 6.45) is 1.38. The van der Waals surface area contributed by atoms with Crippen LogP contribution in [0.25, 0.3) is 0 Å². The molecule has 1 N–H and O–H groups in total. The molecule has 0 unspecified atom stereocenters. The van der Waals surface area contributed by atoms with E-state index in [0.717, 1.165) is 0 Å². The minimum Gasteiger partial charge on any atom is -0.482 e. The molecule has 0 spiro atoms. The standard InChI is InChI=1S/C16H12ClN3O4/c17-12-3-6-14(19-8-12)20-15(21)9-24-16(22)10-23-13-4-1-11(7-18)2-5-13/h1-6,8H,9-10H2,(H,19,20,21). The van der Waals surface area contributed by atoms with Gasteiger partial charge in [-0.25, -0.2) is 9.78 Å². The van der Waals surface area contributed by atoms with E-state index in [0.29, 0.717) is 22.2 Å². The van der Waals surface area contributed by atoms with Crippen molar-refractivity contribution in [2.45, 2.75) is 0 Å². The second kappa shape index (κ2) is 8.50. The van der Waals surface area contributed by atoms with Crippen LogP contribution in [0, 0.1) is 11.3 Å². The molecule has 0 saturated heterocycles. The quantitative estimate of drug-likeness (QED) is 0.805. The van der Waals surface area contributed by atoms with Crippen LogP contribution in [-0.2, 0) is 14.3 Å². The van der Waals surface area contributed by atoms with E-state index >= 15 is 0 Å². The van der Waals surface area contributed by atoms with E-state index in [-0.39, 0.29) is 6.61 Å². The fraction of sp³-hybridized carbons (Fsp3) is 0.125. The van der Waals surface area contributed by atoms with Crippen LogP contribution in [0.1, 0.15) is 5.56 Å². The second-order valence-electron chi connectivity index (χ2n) is 4.50. The number of hydrogen-bond donors (Lipinski definition) is 1. The molecule has 7 nitrogen and oxygen atoms in total. The maximum atomic E-state index is 11.6. The van der Waals surface area contributed by atoms with Crippen molar-refractivity contribution < 1.29 is 19.1 Å². The van der Waals surface area contributed by atoms with Crippen molar-refractivity contribution in [1.82, 2.24) is 4.98 Å². The number of pyridine rings is 1. The number of carbonyl (C=O) groups is 2. The summed E-state index contributed by atoms with van der Waals surface area (Å²) < 4.78 is 9.97. The number of nitrogens with zero attached hydrogens (tertiary/aromatic N) is 2. The van der Waals surface area contributed by atoms with Gasteiger partial charge in [-0.2, -0.15) is 5.26 Å². The summed E-state index contributed by atoms with van der Waals surface area (Å²) in [5, 5.41) is 11.6. The Bertz CT molecular complexity index is 754. The fourth-order valence-corrected chi connectivity index (χ4v) is 1.70. The second-order valence-corrected chi connectivity index (χ2v) is 4.93. The van der Waals surface area contributed by atoms with Crippen molar-refractivity contribution in [3.8, 4) is 11.8 Å². The third-order valence-corrected chi connectivity index (χ3v) is 2.92. The Morgan fingerprint density at radius 3 is 2.54 bits per heavy atom. The van der Waals surface area contributed by atoms with Gasteiger partial charge >= 0.3 is 5.97 Å². The van der Waals surface area contributed by atoms with Crippen LogP contribution >= 0.6 is 11.6 Å². The minimum atomic E-state index is -0.696. The summed E-state index contributed by atoms with van der Waals surface area (Å²) in [6.45, 7) is -0.807. The molecule has 8 heteroatoms. The number of carbonyl (C=O) groups excluding carboxylic acids is 2. The lowest BCUT2D eigenvalue weighted by Crippen LogP contribution is -2.24. The zero-order valence-corrected chi connectivity index (χ0v) is 13.1. The van der Waals surface area contributed by atoms with Crippen LogP contribution in [0.2, 0.25) is 5.02 Å². The number of hydrogen-bond acceptors (Lipinski definition) is 6. The minimum absolute atomic E-state index is 0.300. The van der Waals surface area contributed by atoms with Gasteiger partial charge in [-0.05, 0) is 36.4 Å². The number of esters is 1. The predicted molar refractivity (Wildman–Crippen MR) is 85.5 cm³/mol. The van der Waals surface area contributed by atoms with Gasteiger partial charge in [-0.15, -0.1) is 0 Å². The van der Waals surface area contributed by atoms with Crippen molar-refractivity contribution in [3.63, 3.8) is 0 Å². The molecule has 1 aromatic heterocycles. The zero-order valence-electron chi connectivity index (χ0n) is 12.4.